The number of carbonyl (C=O) groups excluding carboxylic acids is 2. The number of phenolic OH excluding ortho intramolecular Hbond substituents is 1. The van der Waals surface area contributed by atoms with Crippen LogP contribution in [0.1, 0.15) is 82.2 Å². The summed E-state index contributed by atoms with van der Waals surface area (Å²) in [5.74, 6) is -1.08. The van der Waals surface area contributed by atoms with Crippen molar-refractivity contribution in [2.75, 3.05) is 10.2 Å². The van der Waals surface area contributed by atoms with Crippen LogP contribution in [0.25, 0.3) is 0 Å². The van der Waals surface area contributed by atoms with E-state index in [2.05, 4.69) is 17.4 Å². The van der Waals surface area contributed by atoms with Gasteiger partial charge in [-0.25, -0.2) is 4.39 Å². The van der Waals surface area contributed by atoms with Gasteiger partial charge in [0.25, 0.3) is 0 Å². The summed E-state index contributed by atoms with van der Waals surface area (Å²) in [7, 11) is 0. The van der Waals surface area contributed by atoms with Gasteiger partial charge >= 0.3 is 0 Å². The van der Waals surface area contributed by atoms with Crippen LogP contribution in [0.15, 0.2) is 71.9 Å². The number of aryl methyl sites for hydroxylation is 1. The molecule has 0 saturated heterocycles. The first-order valence-corrected chi connectivity index (χ1v) is 14.8. The average Bonchev–Trinajstić information content (AvgIpc) is 3.07. The molecule has 0 bridgehead atoms. The van der Waals surface area contributed by atoms with Crippen molar-refractivity contribution in [1.82, 2.24) is 0 Å². The van der Waals surface area contributed by atoms with Gasteiger partial charge in [0, 0.05) is 35.2 Å². The fraction of sp³-hybridized carbons (Fsp3) is 0.371. The Hall–Kier alpha value is -4.13. The van der Waals surface area contributed by atoms with Gasteiger partial charge in [0.15, 0.2) is 5.78 Å². The first kappa shape index (κ1) is 28.0. The Morgan fingerprint density at radius 2 is 1.86 bits per heavy atom. The number of phenols is 1. The van der Waals surface area contributed by atoms with Crippen molar-refractivity contribution in [2.45, 2.75) is 71.9 Å². The summed E-state index contributed by atoms with van der Waals surface area (Å²) in [5.41, 5.74) is 3.92. The average molecular weight is 569 g/mol. The van der Waals surface area contributed by atoms with Gasteiger partial charge in [-0.1, -0.05) is 58.0 Å². The Balaban J connectivity index is 1.48. The Kier molecular flexibility index (Phi) is 7.08. The number of nitrogens with one attached hydrogen (secondary N) is 1. The highest BCUT2D eigenvalue weighted by molar-refractivity contribution is 6.07. The largest absolute Gasteiger partial charge is 0.506 e. The van der Waals surface area contributed by atoms with Crippen LogP contribution in [0, 0.1) is 17.2 Å². The summed E-state index contributed by atoms with van der Waals surface area (Å²) in [4.78, 5) is 29.3. The number of carbonyl (C=O) groups is 2. The number of rotatable bonds is 4. The molecule has 6 nitrogen and oxygen atoms in total. The van der Waals surface area contributed by atoms with Gasteiger partial charge < -0.3 is 15.2 Å². The minimum absolute atomic E-state index is 0.0469. The molecule has 3 aromatic rings. The molecule has 3 aliphatic rings. The Bertz CT molecular complexity index is 1610. The number of fused-ring (bicyclic) bond motifs is 2. The molecule has 1 heterocycles. The molecule has 2 N–H and O–H groups in total. The zero-order chi connectivity index (χ0) is 29.8. The number of para-hydroxylation sites is 1. The molecule has 1 unspecified atom stereocenters. The minimum atomic E-state index is -1.02. The monoisotopic (exact) mass is 568 g/mol. The van der Waals surface area contributed by atoms with Crippen LogP contribution in [0.3, 0.4) is 0 Å². The quantitative estimate of drug-likeness (QED) is 0.314. The van der Waals surface area contributed by atoms with Gasteiger partial charge in [0.05, 0.1) is 11.7 Å². The summed E-state index contributed by atoms with van der Waals surface area (Å²) in [6.07, 6.45) is 3.43. The molecule has 3 aromatic carbocycles. The van der Waals surface area contributed by atoms with E-state index in [1.807, 2.05) is 26.0 Å². The molecule has 1 amide bonds. The van der Waals surface area contributed by atoms with E-state index in [9.17, 15) is 14.7 Å². The standard InChI is InChI=1S/C35H37FN2O4/c1-20(2)34(41)38-27-12-8-13-28(39)32(27)37-26-18-35(3,4)19-29(40)31(26)33(38)24-16-15-22(17-25(24)36)42-30-14-7-10-21-9-5-6-11-23(21)30/h5-6,8-9,11-13,15-17,20,30,33,37,39H,7,10,14,18-19H2,1-4H3/t30-,33?/m0/s1. The zero-order valence-electron chi connectivity index (χ0n) is 24.5. The van der Waals surface area contributed by atoms with Crippen molar-refractivity contribution < 1.29 is 23.8 Å². The van der Waals surface area contributed by atoms with E-state index in [1.165, 1.54) is 22.6 Å². The smallest absolute Gasteiger partial charge is 0.230 e. The van der Waals surface area contributed by atoms with Crippen LogP contribution in [-0.2, 0) is 16.0 Å². The molecule has 6 rings (SSSR count). The molecule has 0 fully saturated rings. The van der Waals surface area contributed by atoms with Crippen LogP contribution >= 0.6 is 0 Å². The third-order valence-corrected chi connectivity index (χ3v) is 8.60. The maximum Gasteiger partial charge on any atom is 0.230 e. The fourth-order valence-electron chi connectivity index (χ4n) is 6.66. The molecule has 2 aliphatic carbocycles. The molecule has 0 radical (unpaired) electrons. The fourth-order valence-corrected chi connectivity index (χ4v) is 6.66. The van der Waals surface area contributed by atoms with Crippen LogP contribution in [0.5, 0.6) is 11.5 Å². The first-order valence-electron chi connectivity index (χ1n) is 14.8. The van der Waals surface area contributed by atoms with E-state index >= 15 is 4.39 Å². The van der Waals surface area contributed by atoms with Gasteiger partial charge in [0.2, 0.25) is 5.91 Å². The summed E-state index contributed by atoms with van der Waals surface area (Å²) in [6.45, 7) is 7.57. The highest BCUT2D eigenvalue weighted by atomic mass is 19.1. The van der Waals surface area contributed by atoms with E-state index in [-0.39, 0.29) is 40.9 Å². The molecule has 0 aromatic heterocycles. The number of hydrogen-bond acceptors (Lipinski definition) is 5. The van der Waals surface area contributed by atoms with Crippen LogP contribution < -0.4 is 15.0 Å². The summed E-state index contributed by atoms with van der Waals surface area (Å²) < 4.78 is 22.7. The second-order valence-corrected chi connectivity index (χ2v) is 12.8. The Labute approximate surface area is 246 Å². The number of amides is 1. The van der Waals surface area contributed by atoms with Gasteiger partial charge in [-0.3, -0.25) is 14.5 Å². The third-order valence-electron chi connectivity index (χ3n) is 8.60. The number of hydrogen-bond donors (Lipinski definition) is 2. The van der Waals surface area contributed by atoms with Crippen molar-refractivity contribution >= 4 is 23.1 Å². The number of allylic oxidation sites excluding steroid dienone is 1. The topological polar surface area (TPSA) is 78.9 Å². The molecule has 42 heavy (non-hydrogen) atoms. The van der Waals surface area contributed by atoms with Crippen LogP contribution in [0.4, 0.5) is 15.8 Å². The Morgan fingerprint density at radius 1 is 1.07 bits per heavy atom. The van der Waals surface area contributed by atoms with E-state index in [0.717, 1.165) is 24.8 Å². The number of anilines is 2. The Morgan fingerprint density at radius 3 is 2.62 bits per heavy atom. The lowest BCUT2D eigenvalue weighted by molar-refractivity contribution is -0.122. The number of halogens is 1. The summed E-state index contributed by atoms with van der Waals surface area (Å²) >= 11 is 0. The lowest BCUT2D eigenvalue weighted by Gasteiger charge is -2.37. The van der Waals surface area contributed by atoms with Gasteiger partial charge in [-0.05, 0) is 66.5 Å². The van der Waals surface area contributed by atoms with Crippen molar-refractivity contribution in [1.29, 1.82) is 0 Å². The van der Waals surface area contributed by atoms with Crippen LogP contribution in [-0.4, -0.2) is 16.8 Å². The third kappa shape index (κ3) is 4.95. The molecule has 0 spiro atoms. The van der Waals surface area contributed by atoms with Crippen molar-refractivity contribution in [3.05, 3.63) is 94.4 Å². The van der Waals surface area contributed by atoms with Gasteiger partial charge in [0.1, 0.15) is 29.1 Å². The van der Waals surface area contributed by atoms with E-state index in [1.54, 1.807) is 38.1 Å². The molecule has 2 atom stereocenters. The van der Waals surface area contributed by atoms with Gasteiger partial charge in [-0.2, -0.15) is 0 Å². The number of ether oxygens (including phenoxy) is 1. The van der Waals surface area contributed by atoms with Crippen LogP contribution in [0.2, 0.25) is 0 Å². The lowest BCUT2D eigenvalue weighted by atomic mass is 9.73. The van der Waals surface area contributed by atoms with E-state index < -0.39 is 17.8 Å². The zero-order valence-corrected chi connectivity index (χ0v) is 24.5. The normalized spacial score (nSPS) is 21.2. The predicted octanol–water partition coefficient (Wildman–Crippen LogP) is 7.79. The van der Waals surface area contributed by atoms with E-state index in [4.69, 9.17) is 4.74 Å². The molecule has 218 valence electrons. The SMILES string of the molecule is CC(C)C(=O)N1c2cccc(O)c2NC2=C(C(=O)CC(C)(C)C2)C1c1ccc(O[C@H]2CCCc3ccccc32)cc1F. The maximum absolute atomic E-state index is 16.3. The molecule has 7 heteroatoms. The molecular formula is C35H37FN2O4. The van der Waals surface area contributed by atoms with Crippen molar-refractivity contribution in [3.63, 3.8) is 0 Å². The van der Waals surface area contributed by atoms with Crippen molar-refractivity contribution in [3.8, 4) is 11.5 Å². The number of ketones is 1. The number of aromatic hydroxyl groups is 1. The maximum atomic E-state index is 16.3. The van der Waals surface area contributed by atoms with E-state index in [0.29, 0.717) is 34.8 Å². The second-order valence-electron chi connectivity index (χ2n) is 12.8. The molecule has 0 saturated carbocycles. The lowest BCUT2D eigenvalue weighted by Crippen LogP contribution is -2.41. The predicted molar refractivity (Wildman–Crippen MR) is 161 cm³/mol. The second kappa shape index (κ2) is 10.6. The summed E-state index contributed by atoms with van der Waals surface area (Å²) in [5, 5.41) is 14.2. The number of benzene rings is 3. The highest BCUT2D eigenvalue weighted by Gasteiger charge is 2.45. The molecule has 1 aliphatic heterocycles. The number of Topliss-reactive ketones (excluding diaryl/α,β-unsaturated/α-hetero) is 1. The first-order chi connectivity index (χ1) is 20.0. The summed E-state index contributed by atoms with van der Waals surface area (Å²) in [6, 6.07) is 16.8. The molecular weight excluding hydrogens is 531 g/mol. The number of nitrogens with zero attached hydrogens (tertiary/aromatic N) is 1. The highest BCUT2D eigenvalue weighted by Crippen LogP contribution is 2.51. The minimum Gasteiger partial charge on any atom is -0.506 e. The van der Waals surface area contributed by atoms with Gasteiger partial charge in [-0.15, -0.1) is 0 Å². The van der Waals surface area contributed by atoms with Crippen molar-refractivity contribution in [2.24, 2.45) is 11.3 Å².